The maximum Gasteiger partial charge on any atom is 0.214 e. The molecule has 1 amide bonds. The Bertz CT molecular complexity index is 1310. The van der Waals surface area contributed by atoms with Crippen LogP contribution in [0.2, 0.25) is 0 Å². The predicted octanol–water partition coefficient (Wildman–Crippen LogP) is 3.19. The van der Waals surface area contributed by atoms with Gasteiger partial charge in [-0.25, -0.2) is 9.50 Å². The van der Waals surface area contributed by atoms with E-state index >= 15 is 0 Å². The van der Waals surface area contributed by atoms with Gasteiger partial charge in [0.2, 0.25) is 6.41 Å². The number of nitrogen functional groups attached to an aromatic ring is 1. The fourth-order valence-corrected chi connectivity index (χ4v) is 4.68. The SMILES string of the molecule is COCCCN(C=O)c1cccc(-c2cc(-c3ccnn3C3CCOCC3)c3c(N)ncnn23)c1. The van der Waals surface area contributed by atoms with E-state index < -0.39 is 0 Å². The molecular formula is C25H29N7O3. The molecule has 1 aliphatic heterocycles. The van der Waals surface area contributed by atoms with Crippen molar-refractivity contribution in [2.24, 2.45) is 0 Å². The molecule has 35 heavy (non-hydrogen) atoms. The summed E-state index contributed by atoms with van der Waals surface area (Å²) in [5.74, 6) is 0.395. The lowest BCUT2D eigenvalue weighted by molar-refractivity contribution is -0.107. The van der Waals surface area contributed by atoms with Crippen molar-refractivity contribution in [1.29, 1.82) is 0 Å². The molecule has 4 aromatic rings. The monoisotopic (exact) mass is 475 g/mol. The van der Waals surface area contributed by atoms with Gasteiger partial charge in [-0.2, -0.15) is 10.2 Å². The van der Waals surface area contributed by atoms with Crippen LogP contribution in [0.4, 0.5) is 11.5 Å². The van der Waals surface area contributed by atoms with E-state index in [9.17, 15) is 4.79 Å². The Morgan fingerprint density at radius 1 is 1.20 bits per heavy atom. The molecule has 3 aromatic heterocycles. The number of benzene rings is 1. The first kappa shape index (κ1) is 23.0. The van der Waals surface area contributed by atoms with E-state index in [2.05, 4.69) is 25.9 Å². The van der Waals surface area contributed by atoms with Crippen LogP contribution in [0.3, 0.4) is 0 Å². The smallest absolute Gasteiger partial charge is 0.214 e. The Morgan fingerprint density at radius 2 is 2.06 bits per heavy atom. The van der Waals surface area contributed by atoms with E-state index in [1.165, 1.54) is 6.33 Å². The Hall–Kier alpha value is -3.76. The first-order valence-electron chi connectivity index (χ1n) is 11.8. The third-order valence-electron chi connectivity index (χ3n) is 6.41. The van der Waals surface area contributed by atoms with Gasteiger partial charge in [0.15, 0.2) is 5.82 Å². The number of rotatable bonds is 9. The zero-order valence-corrected chi connectivity index (χ0v) is 19.7. The minimum atomic E-state index is 0.259. The number of anilines is 2. The molecule has 0 unspecified atom stereocenters. The van der Waals surface area contributed by atoms with Gasteiger partial charge in [-0.15, -0.1) is 0 Å². The summed E-state index contributed by atoms with van der Waals surface area (Å²) in [4.78, 5) is 17.7. The predicted molar refractivity (Wildman–Crippen MR) is 133 cm³/mol. The van der Waals surface area contributed by atoms with Crippen LogP contribution in [0.5, 0.6) is 0 Å². The van der Waals surface area contributed by atoms with Gasteiger partial charge in [0.1, 0.15) is 11.8 Å². The largest absolute Gasteiger partial charge is 0.385 e. The van der Waals surface area contributed by atoms with Gasteiger partial charge < -0.3 is 20.1 Å². The molecule has 4 heterocycles. The molecule has 0 atom stereocenters. The lowest BCUT2D eigenvalue weighted by atomic mass is 10.1. The molecule has 1 aliphatic rings. The summed E-state index contributed by atoms with van der Waals surface area (Å²) in [5, 5.41) is 9.16. The van der Waals surface area contributed by atoms with E-state index in [-0.39, 0.29) is 6.04 Å². The highest BCUT2D eigenvalue weighted by Gasteiger charge is 2.24. The van der Waals surface area contributed by atoms with Crippen molar-refractivity contribution in [2.75, 3.05) is 44.1 Å². The van der Waals surface area contributed by atoms with Gasteiger partial charge in [0.05, 0.1) is 17.4 Å². The molecule has 1 saturated heterocycles. The Kier molecular flexibility index (Phi) is 6.73. The maximum absolute atomic E-state index is 11.8. The van der Waals surface area contributed by atoms with Crippen molar-refractivity contribution in [2.45, 2.75) is 25.3 Å². The fraction of sp³-hybridized carbons (Fsp3) is 0.360. The molecule has 0 saturated carbocycles. The van der Waals surface area contributed by atoms with Crippen molar-refractivity contribution in [3.63, 3.8) is 0 Å². The fourth-order valence-electron chi connectivity index (χ4n) is 4.68. The molecule has 0 bridgehead atoms. The summed E-state index contributed by atoms with van der Waals surface area (Å²) >= 11 is 0. The van der Waals surface area contributed by atoms with E-state index in [0.717, 1.165) is 72.6 Å². The second-order valence-electron chi connectivity index (χ2n) is 8.55. The van der Waals surface area contributed by atoms with Crippen LogP contribution < -0.4 is 10.6 Å². The molecule has 2 N–H and O–H groups in total. The van der Waals surface area contributed by atoms with E-state index in [0.29, 0.717) is 19.0 Å². The number of carbonyl (C=O) groups excluding carboxylic acids is 1. The third kappa shape index (κ3) is 4.50. The molecule has 0 radical (unpaired) electrons. The van der Waals surface area contributed by atoms with Crippen LogP contribution in [0.25, 0.3) is 28.0 Å². The van der Waals surface area contributed by atoms with Crippen molar-refractivity contribution < 1.29 is 14.3 Å². The minimum absolute atomic E-state index is 0.259. The lowest BCUT2D eigenvalue weighted by Gasteiger charge is -2.24. The Balaban J connectivity index is 1.59. The molecule has 10 nitrogen and oxygen atoms in total. The van der Waals surface area contributed by atoms with Crippen LogP contribution >= 0.6 is 0 Å². The summed E-state index contributed by atoms with van der Waals surface area (Å²) in [6, 6.07) is 12.2. The molecule has 0 aliphatic carbocycles. The summed E-state index contributed by atoms with van der Waals surface area (Å²) in [7, 11) is 1.66. The number of nitrogens with zero attached hydrogens (tertiary/aromatic N) is 6. The van der Waals surface area contributed by atoms with E-state index in [1.54, 1.807) is 12.0 Å². The maximum atomic E-state index is 11.8. The van der Waals surface area contributed by atoms with Crippen LogP contribution in [-0.4, -0.2) is 64.3 Å². The van der Waals surface area contributed by atoms with Crippen LogP contribution in [0.15, 0.2) is 48.9 Å². The number of nitrogens with two attached hydrogens (primary N) is 1. The van der Waals surface area contributed by atoms with Crippen molar-refractivity contribution in [3.05, 3.63) is 48.9 Å². The van der Waals surface area contributed by atoms with Crippen molar-refractivity contribution in [3.8, 4) is 22.5 Å². The number of fused-ring (bicyclic) bond motifs is 1. The Labute approximate surface area is 203 Å². The van der Waals surface area contributed by atoms with E-state index in [1.807, 2.05) is 41.0 Å². The van der Waals surface area contributed by atoms with Gasteiger partial charge in [-0.1, -0.05) is 12.1 Å². The van der Waals surface area contributed by atoms with Crippen LogP contribution in [0, 0.1) is 0 Å². The number of methoxy groups -OCH3 is 1. The molecule has 1 aromatic carbocycles. The summed E-state index contributed by atoms with van der Waals surface area (Å²) in [6.07, 6.45) is 6.69. The van der Waals surface area contributed by atoms with Crippen molar-refractivity contribution >= 4 is 23.4 Å². The normalized spacial score (nSPS) is 14.4. The molecule has 10 heteroatoms. The average Bonchev–Trinajstić information content (AvgIpc) is 3.53. The Morgan fingerprint density at radius 3 is 2.86 bits per heavy atom. The van der Waals surface area contributed by atoms with Crippen LogP contribution in [0.1, 0.15) is 25.3 Å². The number of aromatic nitrogens is 5. The van der Waals surface area contributed by atoms with Gasteiger partial charge >= 0.3 is 0 Å². The summed E-state index contributed by atoms with van der Waals surface area (Å²) in [5.41, 5.74) is 11.5. The first-order chi connectivity index (χ1) is 17.2. The molecule has 0 spiro atoms. The highest BCUT2D eigenvalue weighted by Crippen LogP contribution is 2.37. The molecule has 1 fully saturated rings. The zero-order valence-electron chi connectivity index (χ0n) is 19.7. The standard InChI is InChI=1S/C25H29N7O3/c1-34-11-3-10-30(17-33)20-5-2-4-18(14-20)23-15-21(24-25(26)27-16-29-32(23)24)22-6-9-28-31(22)19-7-12-35-13-8-19/h2,4-6,9,14-17,19H,3,7-8,10-13H2,1H3,(H2,26,27,29). The number of carbonyl (C=O) groups is 1. The number of hydrogen-bond donors (Lipinski definition) is 1. The summed E-state index contributed by atoms with van der Waals surface area (Å²) < 4.78 is 14.6. The van der Waals surface area contributed by atoms with Gasteiger partial charge in [0.25, 0.3) is 0 Å². The molecule has 5 rings (SSSR count). The molecular weight excluding hydrogens is 446 g/mol. The van der Waals surface area contributed by atoms with E-state index in [4.69, 9.17) is 15.2 Å². The van der Waals surface area contributed by atoms with Gasteiger partial charge in [-0.05, 0) is 43.5 Å². The average molecular weight is 476 g/mol. The molecule has 182 valence electrons. The minimum Gasteiger partial charge on any atom is -0.385 e. The van der Waals surface area contributed by atoms with Crippen molar-refractivity contribution in [1.82, 2.24) is 24.4 Å². The topological polar surface area (TPSA) is 113 Å². The highest BCUT2D eigenvalue weighted by molar-refractivity contribution is 5.91. The van der Waals surface area contributed by atoms with Gasteiger partial charge in [0, 0.05) is 56.5 Å². The van der Waals surface area contributed by atoms with Gasteiger partial charge in [-0.3, -0.25) is 9.48 Å². The van der Waals surface area contributed by atoms with Crippen LogP contribution in [-0.2, 0) is 14.3 Å². The second kappa shape index (κ2) is 10.2. The first-order valence-corrected chi connectivity index (χ1v) is 11.8. The third-order valence-corrected chi connectivity index (χ3v) is 6.41. The number of ether oxygens (including phenoxy) is 2. The second-order valence-corrected chi connectivity index (χ2v) is 8.55. The number of amides is 1. The zero-order chi connectivity index (χ0) is 24.2. The highest BCUT2D eigenvalue weighted by atomic mass is 16.5. The quantitative estimate of drug-likeness (QED) is 0.292. The summed E-state index contributed by atoms with van der Waals surface area (Å²) in [6.45, 7) is 2.61. The number of hydrogen-bond acceptors (Lipinski definition) is 7. The lowest BCUT2D eigenvalue weighted by Crippen LogP contribution is -2.23.